The summed E-state index contributed by atoms with van der Waals surface area (Å²) in [5, 5.41) is 5.68. The molecule has 1 aliphatic rings. The summed E-state index contributed by atoms with van der Waals surface area (Å²) in [6.07, 6.45) is 2.51. The van der Waals surface area contributed by atoms with Crippen LogP contribution in [0.1, 0.15) is 23.2 Å². The van der Waals surface area contributed by atoms with Gasteiger partial charge in [0.2, 0.25) is 5.88 Å². The topological polar surface area (TPSA) is 47.4 Å². The lowest BCUT2D eigenvalue weighted by atomic mass is 10.2. The van der Waals surface area contributed by atoms with E-state index in [-0.39, 0.29) is 5.91 Å². The Kier molecular flexibility index (Phi) is 4.91. The van der Waals surface area contributed by atoms with Gasteiger partial charge >= 0.3 is 0 Å². The average molecular weight is 370 g/mol. The zero-order valence-electron chi connectivity index (χ0n) is 14.4. The van der Waals surface area contributed by atoms with Crippen LogP contribution in [0, 0.1) is 0 Å². The van der Waals surface area contributed by atoms with Crippen LogP contribution in [0.2, 0.25) is 5.02 Å². The molecule has 2 heterocycles. The third-order valence-corrected chi connectivity index (χ3v) is 5.02. The van der Waals surface area contributed by atoms with Crippen molar-refractivity contribution in [2.75, 3.05) is 26.2 Å². The minimum Gasteiger partial charge on any atom is -0.475 e. The van der Waals surface area contributed by atoms with Gasteiger partial charge < -0.3 is 4.74 Å². The molecule has 0 amide bonds. The Morgan fingerprint density at radius 3 is 2.62 bits per heavy atom. The Morgan fingerprint density at radius 1 is 1.08 bits per heavy atom. The second-order valence-corrected chi connectivity index (χ2v) is 6.82. The number of carbonyl (C=O) groups excluding carboxylic acids is 1. The molecule has 1 aromatic heterocycles. The normalized spacial score (nSPS) is 14.8. The number of rotatable bonds is 5. The van der Waals surface area contributed by atoms with E-state index in [0.717, 1.165) is 25.0 Å². The summed E-state index contributed by atoms with van der Waals surface area (Å²) in [7, 11) is 0. The molecule has 0 radical (unpaired) electrons. The van der Waals surface area contributed by atoms with Crippen LogP contribution < -0.4 is 4.74 Å². The van der Waals surface area contributed by atoms with Gasteiger partial charge in [0, 0.05) is 6.54 Å². The van der Waals surface area contributed by atoms with Gasteiger partial charge in [-0.05, 0) is 50.2 Å². The van der Waals surface area contributed by atoms with Gasteiger partial charge in [-0.3, -0.25) is 9.69 Å². The van der Waals surface area contributed by atoms with Gasteiger partial charge in [0.15, 0.2) is 0 Å². The van der Waals surface area contributed by atoms with E-state index in [1.165, 1.54) is 17.5 Å². The van der Waals surface area contributed by atoms with Crippen molar-refractivity contribution in [3.05, 3.63) is 59.1 Å². The second kappa shape index (κ2) is 7.48. The van der Waals surface area contributed by atoms with Crippen molar-refractivity contribution in [3.8, 4) is 5.88 Å². The summed E-state index contributed by atoms with van der Waals surface area (Å²) in [6, 6.07) is 14.6. The van der Waals surface area contributed by atoms with Crippen LogP contribution in [0.15, 0.2) is 48.5 Å². The monoisotopic (exact) mass is 369 g/mol. The summed E-state index contributed by atoms with van der Waals surface area (Å²) >= 11 is 6.18. The molecule has 26 heavy (non-hydrogen) atoms. The summed E-state index contributed by atoms with van der Waals surface area (Å²) in [6.45, 7) is 3.69. The molecule has 0 saturated carbocycles. The van der Waals surface area contributed by atoms with Gasteiger partial charge in [0.25, 0.3) is 5.91 Å². The molecule has 3 aromatic rings. The Bertz CT molecular complexity index is 932. The van der Waals surface area contributed by atoms with Crippen LogP contribution in [-0.4, -0.2) is 46.8 Å². The second-order valence-electron chi connectivity index (χ2n) is 6.42. The zero-order chi connectivity index (χ0) is 17.9. The van der Waals surface area contributed by atoms with Gasteiger partial charge in [-0.15, -0.1) is 5.10 Å². The number of fused-ring (bicyclic) bond motifs is 1. The van der Waals surface area contributed by atoms with E-state index in [1.54, 1.807) is 24.3 Å². The smallest absolute Gasteiger partial charge is 0.280 e. The third kappa shape index (κ3) is 3.32. The van der Waals surface area contributed by atoms with Crippen LogP contribution in [0.3, 0.4) is 0 Å². The van der Waals surface area contributed by atoms with Crippen molar-refractivity contribution in [1.82, 2.24) is 14.7 Å². The number of ether oxygens (including phenoxy) is 1. The molecule has 1 aliphatic heterocycles. The van der Waals surface area contributed by atoms with Crippen molar-refractivity contribution in [2.45, 2.75) is 12.8 Å². The summed E-state index contributed by atoms with van der Waals surface area (Å²) in [5.74, 6) is 0.224. The predicted molar refractivity (Wildman–Crippen MR) is 102 cm³/mol. The van der Waals surface area contributed by atoms with E-state index in [9.17, 15) is 4.79 Å². The maximum absolute atomic E-state index is 12.9. The molecule has 134 valence electrons. The number of benzene rings is 2. The Hall–Kier alpha value is -2.37. The maximum atomic E-state index is 12.9. The zero-order valence-corrected chi connectivity index (χ0v) is 15.2. The van der Waals surface area contributed by atoms with Crippen molar-refractivity contribution >= 4 is 28.4 Å². The molecule has 5 nitrogen and oxygen atoms in total. The molecule has 0 aliphatic carbocycles. The first-order valence-corrected chi connectivity index (χ1v) is 9.24. The number of para-hydroxylation sites is 1. The Labute approximate surface area is 157 Å². The fourth-order valence-corrected chi connectivity index (χ4v) is 3.54. The highest BCUT2D eigenvalue weighted by atomic mass is 35.5. The number of nitrogens with zero attached hydrogens (tertiary/aromatic N) is 3. The van der Waals surface area contributed by atoms with E-state index >= 15 is 0 Å². The van der Waals surface area contributed by atoms with Gasteiger partial charge in [0.05, 0.1) is 21.5 Å². The first kappa shape index (κ1) is 17.1. The summed E-state index contributed by atoms with van der Waals surface area (Å²) < 4.78 is 7.30. The van der Waals surface area contributed by atoms with Crippen LogP contribution in [0.5, 0.6) is 5.88 Å². The molecular weight excluding hydrogens is 350 g/mol. The van der Waals surface area contributed by atoms with E-state index in [2.05, 4.69) is 10.00 Å². The van der Waals surface area contributed by atoms with Crippen LogP contribution in [0.4, 0.5) is 0 Å². The molecule has 0 N–H and O–H groups in total. The summed E-state index contributed by atoms with van der Waals surface area (Å²) in [4.78, 5) is 15.3. The number of halogens is 1. The van der Waals surface area contributed by atoms with E-state index in [1.807, 2.05) is 24.3 Å². The Balaban J connectivity index is 1.61. The molecular formula is C20H20ClN3O2. The SMILES string of the molecule is O=C(c1ccccc1Cl)n1nc(OCCN2CCCC2)c2ccccc21. The van der Waals surface area contributed by atoms with Crippen LogP contribution in [-0.2, 0) is 0 Å². The predicted octanol–water partition coefficient (Wildman–Crippen LogP) is 3.85. The number of likely N-dealkylation sites (tertiary alicyclic amines) is 1. The van der Waals surface area contributed by atoms with Gasteiger partial charge in [0.1, 0.15) is 6.61 Å². The molecule has 6 heteroatoms. The van der Waals surface area contributed by atoms with E-state index < -0.39 is 0 Å². The van der Waals surface area contributed by atoms with Crippen LogP contribution >= 0.6 is 11.6 Å². The molecule has 0 unspecified atom stereocenters. The van der Waals surface area contributed by atoms with Gasteiger partial charge in [-0.2, -0.15) is 4.68 Å². The standard InChI is InChI=1S/C20H20ClN3O2/c21-17-9-3-1-7-15(17)20(25)24-18-10-4-2-8-16(18)19(22-24)26-14-13-23-11-5-6-12-23/h1-4,7-10H,5-6,11-14H2. The highest BCUT2D eigenvalue weighted by Crippen LogP contribution is 2.26. The first-order valence-electron chi connectivity index (χ1n) is 8.86. The highest BCUT2D eigenvalue weighted by molar-refractivity contribution is 6.34. The third-order valence-electron chi connectivity index (χ3n) is 4.70. The lowest BCUT2D eigenvalue weighted by molar-refractivity contribution is 0.0947. The average Bonchev–Trinajstić information content (AvgIpc) is 3.30. The van der Waals surface area contributed by atoms with Gasteiger partial charge in [-0.25, -0.2) is 0 Å². The quantitative estimate of drug-likeness (QED) is 0.685. The molecule has 1 fully saturated rings. The minimum absolute atomic E-state index is 0.263. The molecule has 0 spiro atoms. The fourth-order valence-electron chi connectivity index (χ4n) is 3.33. The molecule has 2 aromatic carbocycles. The van der Waals surface area contributed by atoms with E-state index in [0.29, 0.717) is 28.6 Å². The largest absolute Gasteiger partial charge is 0.475 e. The van der Waals surface area contributed by atoms with E-state index in [4.69, 9.17) is 16.3 Å². The summed E-state index contributed by atoms with van der Waals surface area (Å²) in [5.41, 5.74) is 1.14. The minimum atomic E-state index is -0.263. The first-order chi connectivity index (χ1) is 12.7. The maximum Gasteiger partial charge on any atom is 0.280 e. The fraction of sp³-hybridized carbons (Fsp3) is 0.300. The van der Waals surface area contributed by atoms with Crippen molar-refractivity contribution in [2.24, 2.45) is 0 Å². The molecule has 4 rings (SSSR count). The lowest BCUT2D eigenvalue weighted by Gasteiger charge is -2.13. The highest BCUT2D eigenvalue weighted by Gasteiger charge is 2.20. The van der Waals surface area contributed by atoms with Crippen molar-refractivity contribution in [1.29, 1.82) is 0 Å². The number of hydrogen-bond acceptors (Lipinski definition) is 4. The lowest BCUT2D eigenvalue weighted by Crippen LogP contribution is -2.25. The van der Waals surface area contributed by atoms with Gasteiger partial charge in [-0.1, -0.05) is 35.9 Å². The number of carbonyl (C=O) groups is 1. The molecule has 1 saturated heterocycles. The number of hydrogen-bond donors (Lipinski definition) is 0. The van der Waals surface area contributed by atoms with Crippen LogP contribution in [0.25, 0.3) is 10.9 Å². The van der Waals surface area contributed by atoms with Crippen molar-refractivity contribution in [3.63, 3.8) is 0 Å². The number of aromatic nitrogens is 2. The molecule has 0 atom stereocenters. The molecule has 0 bridgehead atoms. The Morgan fingerprint density at radius 2 is 1.81 bits per heavy atom. The van der Waals surface area contributed by atoms with Crippen molar-refractivity contribution < 1.29 is 9.53 Å².